The first-order chi connectivity index (χ1) is 12.4. The summed E-state index contributed by atoms with van der Waals surface area (Å²) in [4.78, 5) is 38.6. The SMILES string of the molecule is CC(CC(=O)O)n1c(=O)[nH]c2cnc(-c3cnc4ccc(F)cn34)nc21.Cl.Cl. The number of carboxylic acids is 1. The summed E-state index contributed by atoms with van der Waals surface area (Å²) in [5.41, 5.74) is 1.17. The number of halogens is 3. The van der Waals surface area contributed by atoms with E-state index in [1.165, 1.54) is 39.7 Å². The Morgan fingerprint density at radius 1 is 1.29 bits per heavy atom. The average molecular weight is 429 g/mol. The van der Waals surface area contributed by atoms with Gasteiger partial charge in [0.2, 0.25) is 0 Å². The van der Waals surface area contributed by atoms with Crippen LogP contribution in [0, 0.1) is 5.82 Å². The highest BCUT2D eigenvalue weighted by Crippen LogP contribution is 2.21. The molecule has 0 fully saturated rings. The number of carbonyl (C=O) groups is 1. The van der Waals surface area contributed by atoms with Crippen LogP contribution in [0.1, 0.15) is 19.4 Å². The van der Waals surface area contributed by atoms with E-state index in [4.69, 9.17) is 5.11 Å². The Bertz CT molecular complexity index is 1220. The summed E-state index contributed by atoms with van der Waals surface area (Å²) in [6.07, 6.45) is 3.98. The third-order valence-corrected chi connectivity index (χ3v) is 4.07. The number of imidazole rings is 2. The number of aromatic nitrogens is 6. The molecule has 0 saturated carbocycles. The van der Waals surface area contributed by atoms with Crippen LogP contribution in [0.15, 0.2) is 35.5 Å². The second kappa shape index (κ2) is 7.95. The molecule has 0 saturated heterocycles. The molecule has 28 heavy (non-hydrogen) atoms. The lowest BCUT2D eigenvalue weighted by Gasteiger charge is -2.10. The number of carboxylic acid groups (broad SMARTS) is 1. The van der Waals surface area contributed by atoms with E-state index in [9.17, 15) is 14.0 Å². The first kappa shape index (κ1) is 21.3. The molecule has 1 atom stereocenters. The summed E-state index contributed by atoms with van der Waals surface area (Å²) in [5, 5.41) is 8.99. The Labute approximate surface area is 169 Å². The van der Waals surface area contributed by atoms with Crippen LogP contribution in [-0.2, 0) is 4.79 Å². The van der Waals surface area contributed by atoms with Gasteiger partial charge in [0.05, 0.1) is 18.8 Å². The van der Waals surface area contributed by atoms with E-state index in [-0.39, 0.29) is 42.7 Å². The Balaban J connectivity index is 0.00000140. The Morgan fingerprint density at radius 2 is 2.04 bits per heavy atom. The first-order valence-electron chi connectivity index (χ1n) is 7.76. The molecular formula is C16H15Cl2FN6O3. The molecular weight excluding hydrogens is 414 g/mol. The molecule has 4 heterocycles. The van der Waals surface area contributed by atoms with Crippen molar-refractivity contribution >= 4 is 47.6 Å². The van der Waals surface area contributed by atoms with Gasteiger partial charge < -0.3 is 10.1 Å². The van der Waals surface area contributed by atoms with Gasteiger partial charge in [0, 0.05) is 12.2 Å². The van der Waals surface area contributed by atoms with Crippen molar-refractivity contribution in [2.24, 2.45) is 0 Å². The van der Waals surface area contributed by atoms with Crippen LogP contribution >= 0.6 is 24.8 Å². The number of pyridine rings is 1. The van der Waals surface area contributed by atoms with Gasteiger partial charge in [-0.05, 0) is 19.1 Å². The lowest BCUT2D eigenvalue weighted by Crippen LogP contribution is -2.22. The van der Waals surface area contributed by atoms with Crippen molar-refractivity contribution in [1.82, 2.24) is 28.9 Å². The minimum Gasteiger partial charge on any atom is -0.481 e. The van der Waals surface area contributed by atoms with Crippen LogP contribution in [-0.4, -0.2) is 40.0 Å². The molecule has 0 aliphatic rings. The van der Waals surface area contributed by atoms with Crippen molar-refractivity contribution in [1.29, 1.82) is 0 Å². The van der Waals surface area contributed by atoms with Crippen molar-refractivity contribution < 1.29 is 14.3 Å². The number of aromatic amines is 1. The van der Waals surface area contributed by atoms with E-state index < -0.39 is 23.5 Å². The average Bonchev–Trinajstić information content (AvgIpc) is 3.12. The third kappa shape index (κ3) is 3.56. The smallest absolute Gasteiger partial charge is 0.327 e. The fourth-order valence-electron chi connectivity index (χ4n) is 2.91. The predicted molar refractivity (Wildman–Crippen MR) is 104 cm³/mol. The number of hydrogen-bond donors (Lipinski definition) is 2. The van der Waals surface area contributed by atoms with Crippen molar-refractivity contribution in [3.8, 4) is 11.5 Å². The predicted octanol–water partition coefficient (Wildman–Crippen LogP) is 2.45. The van der Waals surface area contributed by atoms with Crippen molar-refractivity contribution in [2.75, 3.05) is 0 Å². The van der Waals surface area contributed by atoms with Gasteiger partial charge in [0.25, 0.3) is 0 Å². The number of rotatable bonds is 4. The number of aliphatic carboxylic acids is 1. The van der Waals surface area contributed by atoms with E-state index >= 15 is 0 Å². The minimum atomic E-state index is -1.02. The lowest BCUT2D eigenvalue weighted by atomic mass is 10.2. The Kier molecular flexibility index (Phi) is 6.05. The molecule has 4 aromatic rings. The molecule has 9 nitrogen and oxygen atoms in total. The van der Waals surface area contributed by atoms with E-state index in [0.29, 0.717) is 16.9 Å². The van der Waals surface area contributed by atoms with Crippen LogP contribution in [0.5, 0.6) is 0 Å². The summed E-state index contributed by atoms with van der Waals surface area (Å²) in [7, 11) is 0. The Morgan fingerprint density at radius 3 is 2.75 bits per heavy atom. The van der Waals surface area contributed by atoms with E-state index in [1.54, 1.807) is 6.92 Å². The van der Waals surface area contributed by atoms with Crippen LogP contribution in [0.4, 0.5) is 4.39 Å². The Hall–Kier alpha value is -2.98. The third-order valence-electron chi connectivity index (χ3n) is 4.07. The van der Waals surface area contributed by atoms with Crippen LogP contribution in [0.2, 0.25) is 0 Å². The zero-order valence-corrected chi connectivity index (χ0v) is 16.0. The first-order valence-corrected chi connectivity index (χ1v) is 7.76. The van der Waals surface area contributed by atoms with E-state index in [2.05, 4.69) is 19.9 Å². The molecule has 4 rings (SSSR count). The van der Waals surface area contributed by atoms with Crippen LogP contribution < -0.4 is 5.69 Å². The molecule has 2 N–H and O–H groups in total. The van der Waals surface area contributed by atoms with Gasteiger partial charge in [-0.15, -0.1) is 24.8 Å². The second-order valence-electron chi connectivity index (χ2n) is 5.90. The largest absolute Gasteiger partial charge is 0.481 e. The maximum absolute atomic E-state index is 13.6. The lowest BCUT2D eigenvalue weighted by molar-refractivity contribution is -0.137. The highest BCUT2D eigenvalue weighted by atomic mass is 35.5. The normalized spacial score (nSPS) is 11.8. The monoisotopic (exact) mass is 428 g/mol. The summed E-state index contributed by atoms with van der Waals surface area (Å²) in [5.74, 6) is -1.22. The number of fused-ring (bicyclic) bond motifs is 2. The highest BCUT2D eigenvalue weighted by molar-refractivity contribution is 5.85. The standard InChI is InChI=1S/C16H13FN6O3.2ClH/c1-8(4-13(24)25)23-15-10(20-16(23)26)5-19-14(21-15)11-6-18-12-3-2-9(17)7-22(11)12;;/h2-3,5-8H,4H2,1H3,(H,20,26)(H,24,25);2*1H. The van der Waals surface area contributed by atoms with Gasteiger partial charge in [-0.1, -0.05) is 0 Å². The molecule has 0 aliphatic heterocycles. The number of hydrogen-bond acceptors (Lipinski definition) is 5. The van der Waals surface area contributed by atoms with Gasteiger partial charge >= 0.3 is 11.7 Å². The topological polar surface area (TPSA) is 118 Å². The maximum Gasteiger partial charge on any atom is 0.327 e. The summed E-state index contributed by atoms with van der Waals surface area (Å²) in [6.45, 7) is 1.62. The quantitative estimate of drug-likeness (QED) is 0.515. The zero-order valence-electron chi connectivity index (χ0n) is 14.4. The fourth-order valence-corrected chi connectivity index (χ4v) is 2.91. The molecule has 4 aromatic heterocycles. The van der Waals surface area contributed by atoms with Crippen LogP contribution in [0.25, 0.3) is 28.3 Å². The molecule has 0 spiro atoms. The summed E-state index contributed by atoms with van der Waals surface area (Å²) in [6, 6.07) is 2.22. The molecule has 0 amide bonds. The maximum atomic E-state index is 13.6. The minimum absolute atomic E-state index is 0. The van der Waals surface area contributed by atoms with Gasteiger partial charge in [-0.25, -0.2) is 24.1 Å². The number of nitrogens with one attached hydrogen (secondary N) is 1. The molecule has 0 bridgehead atoms. The van der Waals surface area contributed by atoms with Gasteiger partial charge in [-0.2, -0.15) is 0 Å². The van der Waals surface area contributed by atoms with Crippen molar-refractivity contribution in [2.45, 2.75) is 19.4 Å². The van der Waals surface area contributed by atoms with Gasteiger partial charge in [0.1, 0.15) is 22.7 Å². The van der Waals surface area contributed by atoms with Gasteiger partial charge in [-0.3, -0.25) is 13.8 Å². The molecule has 1 unspecified atom stereocenters. The van der Waals surface area contributed by atoms with Crippen molar-refractivity contribution in [3.05, 3.63) is 47.0 Å². The van der Waals surface area contributed by atoms with E-state index in [1.807, 2.05) is 0 Å². The van der Waals surface area contributed by atoms with Crippen LogP contribution in [0.3, 0.4) is 0 Å². The fraction of sp³-hybridized carbons (Fsp3) is 0.188. The molecule has 148 valence electrons. The number of H-pyrrole nitrogens is 1. The molecule has 0 radical (unpaired) electrons. The van der Waals surface area contributed by atoms with Crippen molar-refractivity contribution in [3.63, 3.8) is 0 Å². The number of nitrogens with zero attached hydrogens (tertiary/aromatic N) is 5. The summed E-state index contributed by atoms with van der Waals surface area (Å²) < 4.78 is 16.3. The molecule has 0 aliphatic carbocycles. The van der Waals surface area contributed by atoms with E-state index in [0.717, 1.165) is 0 Å². The molecule has 0 aromatic carbocycles. The second-order valence-corrected chi connectivity index (χ2v) is 5.90. The van der Waals surface area contributed by atoms with Gasteiger partial charge in [0.15, 0.2) is 11.5 Å². The molecule has 12 heteroatoms. The zero-order chi connectivity index (χ0) is 18.4. The summed E-state index contributed by atoms with van der Waals surface area (Å²) >= 11 is 0. The highest BCUT2D eigenvalue weighted by Gasteiger charge is 2.19.